The number of aromatic amines is 1. The molecule has 3 rings (SSSR count). The Kier molecular flexibility index (Phi) is 8.62. The molecule has 0 aromatic carbocycles. The zero-order chi connectivity index (χ0) is 26.6. The fraction of sp³-hybridized carbons (Fsp3) is 0.500. The first-order valence-corrected chi connectivity index (χ1v) is 12.4. The molecular formula is C26H37N7O3. The number of likely N-dealkylation sites (tertiary alicyclic amines) is 1. The van der Waals surface area contributed by atoms with Crippen LogP contribution in [0.4, 0.5) is 5.82 Å². The fourth-order valence-electron chi connectivity index (χ4n) is 4.55. The van der Waals surface area contributed by atoms with Gasteiger partial charge in [-0.3, -0.25) is 14.4 Å². The summed E-state index contributed by atoms with van der Waals surface area (Å²) in [7, 11) is 0. The number of H-pyrrole nitrogens is 1. The largest absolute Gasteiger partial charge is 0.367 e. The summed E-state index contributed by atoms with van der Waals surface area (Å²) in [6, 6.07) is 3.11. The molecule has 1 fully saturated rings. The molecule has 0 aliphatic carbocycles. The predicted molar refractivity (Wildman–Crippen MR) is 141 cm³/mol. The quantitative estimate of drug-likeness (QED) is 0.353. The standard InChI is InChI=1S/C26H37N7O3/c1-14(2)30-23-20(12-27)19(24(34)29-13-21-15(3)10-16(4)31-25(21)35)11-22(32-23)18-6-8-33(9-7-18)26(36)17(5)28/h10-12,14,17-18,27H,6-9,13,28H2,1-5H3,(H,29,34)(H,30,32)(H,31,35). The van der Waals surface area contributed by atoms with Gasteiger partial charge in [0.15, 0.2) is 0 Å². The Morgan fingerprint density at radius 1 is 1.25 bits per heavy atom. The Balaban J connectivity index is 1.90. The number of amides is 2. The summed E-state index contributed by atoms with van der Waals surface area (Å²) in [5, 5.41) is 14.1. The van der Waals surface area contributed by atoms with Gasteiger partial charge < -0.3 is 31.7 Å². The van der Waals surface area contributed by atoms with Gasteiger partial charge >= 0.3 is 0 Å². The Labute approximate surface area is 211 Å². The van der Waals surface area contributed by atoms with Gasteiger partial charge in [0, 0.05) is 60.3 Å². The molecule has 10 nitrogen and oxygen atoms in total. The molecule has 2 aromatic rings. The minimum absolute atomic E-state index is 0.0432. The van der Waals surface area contributed by atoms with Gasteiger partial charge in [-0.05, 0) is 65.2 Å². The maximum atomic E-state index is 13.3. The maximum Gasteiger partial charge on any atom is 0.253 e. The van der Waals surface area contributed by atoms with Crippen LogP contribution >= 0.6 is 0 Å². The fourth-order valence-corrected chi connectivity index (χ4v) is 4.55. The number of nitrogens with zero attached hydrogens (tertiary/aromatic N) is 2. The number of aromatic nitrogens is 2. The van der Waals surface area contributed by atoms with Crippen LogP contribution in [-0.4, -0.2) is 58.1 Å². The summed E-state index contributed by atoms with van der Waals surface area (Å²) in [5.74, 6) is 0.0848. The molecule has 2 aromatic heterocycles. The number of nitrogens with two attached hydrogens (primary N) is 1. The highest BCUT2D eigenvalue weighted by molar-refractivity contribution is 6.04. The predicted octanol–water partition coefficient (Wildman–Crippen LogP) is 2.19. The second-order valence-corrected chi connectivity index (χ2v) is 9.81. The number of aryl methyl sites for hydroxylation is 2. The van der Waals surface area contributed by atoms with Crippen molar-refractivity contribution in [3.05, 3.63) is 56.1 Å². The van der Waals surface area contributed by atoms with Crippen LogP contribution in [0.15, 0.2) is 16.9 Å². The third-order valence-electron chi connectivity index (χ3n) is 6.43. The van der Waals surface area contributed by atoms with E-state index >= 15 is 0 Å². The number of hydrogen-bond donors (Lipinski definition) is 5. The van der Waals surface area contributed by atoms with E-state index in [1.54, 1.807) is 17.9 Å². The first-order valence-electron chi connectivity index (χ1n) is 12.4. The molecule has 0 saturated carbocycles. The zero-order valence-corrected chi connectivity index (χ0v) is 21.7. The van der Waals surface area contributed by atoms with E-state index in [1.807, 2.05) is 33.8 Å². The van der Waals surface area contributed by atoms with E-state index in [1.165, 1.54) is 0 Å². The molecule has 0 bridgehead atoms. The summed E-state index contributed by atoms with van der Waals surface area (Å²) in [4.78, 5) is 47.3. The molecule has 1 unspecified atom stereocenters. The molecule has 10 heteroatoms. The molecule has 0 radical (unpaired) electrons. The number of carbonyl (C=O) groups is 2. The Bertz CT molecular complexity index is 1190. The first-order chi connectivity index (χ1) is 17.0. The minimum atomic E-state index is -0.534. The highest BCUT2D eigenvalue weighted by Crippen LogP contribution is 2.30. The zero-order valence-electron chi connectivity index (χ0n) is 21.7. The Hall–Kier alpha value is -3.53. The second-order valence-electron chi connectivity index (χ2n) is 9.81. The number of rotatable bonds is 8. The van der Waals surface area contributed by atoms with E-state index in [9.17, 15) is 14.4 Å². The molecule has 1 aliphatic heterocycles. The topological polar surface area (TPSA) is 157 Å². The summed E-state index contributed by atoms with van der Waals surface area (Å²) in [5.41, 5.74) is 9.04. The van der Waals surface area contributed by atoms with Crippen molar-refractivity contribution in [3.8, 4) is 0 Å². The lowest BCUT2D eigenvalue weighted by atomic mass is 9.91. The Morgan fingerprint density at radius 2 is 1.92 bits per heavy atom. The van der Waals surface area contributed by atoms with Crippen molar-refractivity contribution in [2.45, 2.75) is 72.0 Å². The Morgan fingerprint density at radius 3 is 2.47 bits per heavy atom. The summed E-state index contributed by atoms with van der Waals surface area (Å²) < 4.78 is 0. The van der Waals surface area contributed by atoms with Crippen molar-refractivity contribution in [1.82, 2.24) is 20.2 Å². The highest BCUT2D eigenvalue weighted by Gasteiger charge is 2.28. The normalized spacial score (nSPS) is 15.0. The number of anilines is 1. The minimum Gasteiger partial charge on any atom is -0.367 e. The van der Waals surface area contributed by atoms with E-state index in [4.69, 9.17) is 16.1 Å². The third-order valence-corrected chi connectivity index (χ3v) is 6.43. The van der Waals surface area contributed by atoms with Crippen LogP contribution in [0.2, 0.25) is 0 Å². The van der Waals surface area contributed by atoms with Crippen molar-refractivity contribution in [2.24, 2.45) is 5.73 Å². The average Bonchev–Trinajstić information content (AvgIpc) is 2.81. The van der Waals surface area contributed by atoms with E-state index in [0.29, 0.717) is 48.4 Å². The van der Waals surface area contributed by atoms with Crippen molar-refractivity contribution in [3.63, 3.8) is 0 Å². The maximum absolute atomic E-state index is 13.3. The molecule has 0 spiro atoms. The van der Waals surface area contributed by atoms with Gasteiger partial charge in [0.05, 0.1) is 11.6 Å². The van der Waals surface area contributed by atoms with Gasteiger partial charge in [-0.25, -0.2) is 4.98 Å². The highest BCUT2D eigenvalue weighted by atomic mass is 16.2. The van der Waals surface area contributed by atoms with Crippen molar-refractivity contribution in [2.75, 3.05) is 18.4 Å². The van der Waals surface area contributed by atoms with E-state index < -0.39 is 6.04 Å². The molecule has 1 saturated heterocycles. The molecule has 1 atom stereocenters. The number of carbonyl (C=O) groups excluding carboxylic acids is 2. The number of hydrogen-bond acceptors (Lipinski definition) is 7. The third kappa shape index (κ3) is 6.17. The van der Waals surface area contributed by atoms with Gasteiger partial charge in [-0.2, -0.15) is 0 Å². The van der Waals surface area contributed by atoms with Crippen molar-refractivity contribution >= 4 is 23.8 Å². The van der Waals surface area contributed by atoms with Gasteiger partial charge in [0.25, 0.3) is 11.5 Å². The van der Waals surface area contributed by atoms with Crippen molar-refractivity contribution in [1.29, 1.82) is 5.41 Å². The van der Waals surface area contributed by atoms with Gasteiger partial charge in [0.2, 0.25) is 5.91 Å². The van der Waals surface area contributed by atoms with E-state index in [0.717, 1.165) is 23.2 Å². The number of piperidine rings is 1. The monoisotopic (exact) mass is 495 g/mol. The lowest BCUT2D eigenvalue weighted by molar-refractivity contribution is -0.133. The smallest absolute Gasteiger partial charge is 0.253 e. The van der Waals surface area contributed by atoms with Crippen LogP contribution in [0.3, 0.4) is 0 Å². The number of nitrogens with one attached hydrogen (secondary N) is 4. The van der Waals surface area contributed by atoms with E-state index in [2.05, 4.69) is 15.6 Å². The molecule has 6 N–H and O–H groups in total. The van der Waals surface area contributed by atoms with Gasteiger partial charge in [-0.1, -0.05) is 0 Å². The van der Waals surface area contributed by atoms with Crippen LogP contribution < -0.4 is 21.9 Å². The molecular weight excluding hydrogens is 458 g/mol. The van der Waals surface area contributed by atoms with Crippen LogP contribution in [0.5, 0.6) is 0 Å². The summed E-state index contributed by atoms with van der Waals surface area (Å²) in [6.45, 7) is 10.5. The number of pyridine rings is 2. The van der Waals surface area contributed by atoms with Crippen LogP contribution in [-0.2, 0) is 11.3 Å². The summed E-state index contributed by atoms with van der Waals surface area (Å²) >= 11 is 0. The second kappa shape index (κ2) is 11.5. The molecule has 194 valence electrons. The van der Waals surface area contributed by atoms with Gasteiger partial charge in [0.1, 0.15) is 5.82 Å². The molecule has 1 aliphatic rings. The molecule has 2 amide bonds. The average molecular weight is 496 g/mol. The van der Waals surface area contributed by atoms with Crippen molar-refractivity contribution < 1.29 is 9.59 Å². The van der Waals surface area contributed by atoms with Crippen LogP contribution in [0.25, 0.3) is 0 Å². The lowest BCUT2D eigenvalue weighted by Crippen LogP contribution is -2.45. The first kappa shape index (κ1) is 27.1. The lowest BCUT2D eigenvalue weighted by Gasteiger charge is -2.33. The summed E-state index contributed by atoms with van der Waals surface area (Å²) in [6.07, 6.45) is 2.54. The van der Waals surface area contributed by atoms with Crippen LogP contribution in [0.1, 0.15) is 78.0 Å². The SMILES string of the molecule is Cc1cc(C)c(CNC(=O)c2cc(C3CCN(C(=O)C(C)N)CC3)nc(NC(C)C)c2C=N)c(=O)[nH]1. The van der Waals surface area contributed by atoms with Crippen LogP contribution in [0, 0.1) is 19.3 Å². The van der Waals surface area contributed by atoms with Gasteiger partial charge in [-0.15, -0.1) is 0 Å². The van der Waals surface area contributed by atoms with E-state index in [-0.39, 0.29) is 35.9 Å². The molecule has 3 heterocycles. The molecule has 36 heavy (non-hydrogen) atoms.